The van der Waals surface area contributed by atoms with Gasteiger partial charge >= 0.3 is 0 Å². The van der Waals surface area contributed by atoms with Crippen LogP contribution < -0.4 is 5.32 Å². The molecular formula is C12H21N3O. The second-order valence-corrected chi connectivity index (χ2v) is 4.46. The van der Waals surface area contributed by atoms with E-state index in [-0.39, 0.29) is 0 Å². The minimum atomic E-state index is 0.428. The Morgan fingerprint density at radius 2 is 2.31 bits per heavy atom. The first-order valence-electron chi connectivity index (χ1n) is 6.12. The normalized spacial score (nSPS) is 19.9. The predicted octanol–water partition coefficient (Wildman–Crippen LogP) is 1.64. The molecule has 0 spiro atoms. The van der Waals surface area contributed by atoms with Crippen LogP contribution >= 0.6 is 0 Å². The number of aryl methyl sites for hydroxylation is 1. The summed E-state index contributed by atoms with van der Waals surface area (Å²) >= 11 is 0. The van der Waals surface area contributed by atoms with Crippen molar-refractivity contribution in [2.24, 2.45) is 7.05 Å². The average molecular weight is 223 g/mol. The number of nitrogens with one attached hydrogen (secondary N) is 1. The van der Waals surface area contributed by atoms with Crippen molar-refractivity contribution in [3.8, 4) is 0 Å². The lowest BCUT2D eigenvalue weighted by Crippen LogP contribution is -2.37. The topological polar surface area (TPSA) is 39.1 Å². The zero-order chi connectivity index (χ0) is 11.4. The van der Waals surface area contributed by atoms with Crippen LogP contribution in [-0.4, -0.2) is 29.0 Å². The van der Waals surface area contributed by atoms with Gasteiger partial charge in [0, 0.05) is 44.1 Å². The Hall–Kier alpha value is -0.870. The van der Waals surface area contributed by atoms with Crippen LogP contribution in [0.25, 0.3) is 0 Å². The molecule has 16 heavy (non-hydrogen) atoms. The summed E-state index contributed by atoms with van der Waals surface area (Å²) in [4.78, 5) is 0. The van der Waals surface area contributed by atoms with Crippen LogP contribution in [0, 0.1) is 0 Å². The van der Waals surface area contributed by atoms with Crippen LogP contribution in [-0.2, 0) is 11.8 Å². The van der Waals surface area contributed by atoms with Gasteiger partial charge in [0.15, 0.2) is 0 Å². The summed E-state index contributed by atoms with van der Waals surface area (Å²) in [5.41, 5.74) is 1.29. The molecule has 1 atom stereocenters. The molecule has 90 valence electrons. The van der Waals surface area contributed by atoms with Crippen molar-refractivity contribution < 1.29 is 4.74 Å². The lowest BCUT2D eigenvalue weighted by molar-refractivity contribution is 0.0746. The van der Waals surface area contributed by atoms with E-state index >= 15 is 0 Å². The Balaban J connectivity index is 1.94. The molecule has 1 aromatic heterocycles. The molecule has 4 heteroatoms. The van der Waals surface area contributed by atoms with E-state index in [2.05, 4.69) is 23.5 Å². The molecule has 1 N–H and O–H groups in total. The van der Waals surface area contributed by atoms with Crippen molar-refractivity contribution in [2.45, 2.75) is 38.3 Å². The summed E-state index contributed by atoms with van der Waals surface area (Å²) in [7, 11) is 1.96. The molecule has 0 radical (unpaired) electrons. The second kappa shape index (κ2) is 5.46. The quantitative estimate of drug-likeness (QED) is 0.843. The van der Waals surface area contributed by atoms with Gasteiger partial charge < -0.3 is 10.1 Å². The lowest BCUT2D eigenvalue weighted by Gasteiger charge is -2.27. The van der Waals surface area contributed by atoms with Gasteiger partial charge in [0.25, 0.3) is 0 Å². The van der Waals surface area contributed by atoms with Crippen LogP contribution in [0.2, 0.25) is 0 Å². The minimum absolute atomic E-state index is 0.428. The monoisotopic (exact) mass is 223 g/mol. The van der Waals surface area contributed by atoms with E-state index in [0.29, 0.717) is 12.1 Å². The number of nitrogens with zero attached hydrogens (tertiary/aromatic N) is 2. The number of hydrogen-bond acceptors (Lipinski definition) is 3. The highest BCUT2D eigenvalue weighted by atomic mass is 16.5. The summed E-state index contributed by atoms with van der Waals surface area (Å²) in [5, 5.41) is 7.93. The fourth-order valence-electron chi connectivity index (χ4n) is 2.22. The number of ether oxygens (including phenoxy) is 1. The smallest absolute Gasteiger partial charge is 0.0537 e. The SMILES string of the molecule is CCC(NC1CCOCC1)c1cnn(C)c1. The third-order valence-electron chi connectivity index (χ3n) is 3.19. The maximum Gasteiger partial charge on any atom is 0.0537 e. The van der Waals surface area contributed by atoms with Crippen LogP contribution in [0.5, 0.6) is 0 Å². The maximum atomic E-state index is 5.37. The van der Waals surface area contributed by atoms with Gasteiger partial charge in [0.2, 0.25) is 0 Å². The first kappa shape index (κ1) is 11.6. The predicted molar refractivity (Wildman–Crippen MR) is 63.2 cm³/mol. The summed E-state index contributed by atoms with van der Waals surface area (Å²) in [6.07, 6.45) is 7.40. The van der Waals surface area contributed by atoms with Crippen molar-refractivity contribution >= 4 is 0 Å². The highest BCUT2D eigenvalue weighted by molar-refractivity contribution is 5.10. The Labute approximate surface area is 97.0 Å². The molecule has 0 amide bonds. The Kier molecular flexibility index (Phi) is 3.96. The van der Waals surface area contributed by atoms with Crippen LogP contribution in [0.1, 0.15) is 37.8 Å². The molecule has 1 aliphatic rings. The third kappa shape index (κ3) is 2.83. The van der Waals surface area contributed by atoms with E-state index in [9.17, 15) is 0 Å². The zero-order valence-electron chi connectivity index (χ0n) is 10.1. The summed E-state index contributed by atoms with van der Waals surface area (Å²) in [6, 6.07) is 1.02. The molecule has 0 aromatic carbocycles. The van der Waals surface area contributed by atoms with Gasteiger partial charge in [0.1, 0.15) is 0 Å². The molecule has 4 nitrogen and oxygen atoms in total. The van der Waals surface area contributed by atoms with E-state index in [1.807, 2.05) is 17.9 Å². The number of rotatable bonds is 4. The van der Waals surface area contributed by atoms with Crippen molar-refractivity contribution in [3.05, 3.63) is 18.0 Å². The van der Waals surface area contributed by atoms with Crippen LogP contribution in [0.15, 0.2) is 12.4 Å². The van der Waals surface area contributed by atoms with Crippen LogP contribution in [0.3, 0.4) is 0 Å². The molecule has 0 bridgehead atoms. The average Bonchev–Trinajstić information content (AvgIpc) is 2.74. The third-order valence-corrected chi connectivity index (χ3v) is 3.19. The summed E-state index contributed by atoms with van der Waals surface area (Å²) < 4.78 is 7.23. The first-order valence-corrected chi connectivity index (χ1v) is 6.12. The maximum absolute atomic E-state index is 5.37. The van der Waals surface area contributed by atoms with Crippen molar-refractivity contribution in [1.82, 2.24) is 15.1 Å². The largest absolute Gasteiger partial charge is 0.381 e. The molecule has 2 rings (SSSR count). The van der Waals surface area contributed by atoms with E-state index in [0.717, 1.165) is 32.5 Å². The van der Waals surface area contributed by atoms with E-state index in [1.165, 1.54) is 5.56 Å². The minimum Gasteiger partial charge on any atom is -0.381 e. The van der Waals surface area contributed by atoms with Gasteiger partial charge in [-0.05, 0) is 19.3 Å². The van der Waals surface area contributed by atoms with Crippen LogP contribution in [0.4, 0.5) is 0 Å². The fraction of sp³-hybridized carbons (Fsp3) is 0.750. The molecular weight excluding hydrogens is 202 g/mol. The van der Waals surface area contributed by atoms with Gasteiger partial charge in [0.05, 0.1) is 6.20 Å². The van der Waals surface area contributed by atoms with E-state index in [1.54, 1.807) is 0 Å². The molecule has 0 aliphatic carbocycles. The molecule has 1 aliphatic heterocycles. The molecule has 1 aromatic rings. The van der Waals surface area contributed by atoms with Gasteiger partial charge in [-0.3, -0.25) is 4.68 Å². The van der Waals surface area contributed by atoms with Gasteiger partial charge in [-0.25, -0.2) is 0 Å². The fourth-order valence-corrected chi connectivity index (χ4v) is 2.22. The van der Waals surface area contributed by atoms with Crippen molar-refractivity contribution in [2.75, 3.05) is 13.2 Å². The highest BCUT2D eigenvalue weighted by Crippen LogP contribution is 2.18. The molecule has 1 unspecified atom stereocenters. The Morgan fingerprint density at radius 3 is 2.88 bits per heavy atom. The standard InChI is InChI=1S/C12H21N3O/c1-3-12(10-8-13-15(2)9-10)14-11-4-6-16-7-5-11/h8-9,11-12,14H,3-7H2,1-2H3. The molecule has 1 saturated heterocycles. The van der Waals surface area contributed by atoms with E-state index < -0.39 is 0 Å². The van der Waals surface area contributed by atoms with E-state index in [4.69, 9.17) is 4.74 Å². The second-order valence-electron chi connectivity index (χ2n) is 4.46. The lowest BCUT2D eigenvalue weighted by atomic mass is 10.0. The molecule has 1 fully saturated rings. The summed E-state index contributed by atoms with van der Waals surface area (Å²) in [5.74, 6) is 0. The van der Waals surface area contributed by atoms with Gasteiger partial charge in [-0.2, -0.15) is 5.10 Å². The van der Waals surface area contributed by atoms with Gasteiger partial charge in [-0.1, -0.05) is 6.92 Å². The highest BCUT2D eigenvalue weighted by Gasteiger charge is 2.18. The van der Waals surface area contributed by atoms with Crippen molar-refractivity contribution in [3.63, 3.8) is 0 Å². The molecule has 2 heterocycles. The first-order chi connectivity index (χ1) is 7.79. The summed E-state index contributed by atoms with van der Waals surface area (Å²) in [6.45, 7) is 3.99. The molecule has 0 saturated carbocycles. The Bertz CT molecular complexity index is 318. The Morgan fingerprint density at radius 1 is 1.56 bits per heavy atom. The zero-order valence-corrected chi connectivity index (χ0v) is 10.1. The number of hydrogen-bond donors (Lipinski definition) is 1. The number of aromatic nitrogens is 2. The van der Waals surface area contributed by atoms with Gasteiger partial charge in [-0.15, -0.1) is 0 Å². The van der Waals surface area contributed by atoms with Crippen molar-refractivity contribution in [1.29, 1.82) is 0 Å².